The van der Waals surface area contributed by atoms with Crippen LogP contribution in [0.1, 0.15) is 16.7 Å². The van der Waals surface area contributed by atoms with E-state index in [0.717, 1.165) is 21.3 Å². The molecule has 0 unspecified atom stereocenters. The van der Waals surface area contributed by atoms with Gasteiger partial charge in [-0.3, -0.25) is 0 Å². The lowest BCUT2D eigenvalue weighted by Gasteiger charge is -2.09. The fourth-order valence-electron chi connectivity index (χ4n) is 1.64. The van der Waals surface area contributed by atoms with Gasteiger partial charge in [-0.1, -0.05) is 28.1 Å². The molecular weight excluding hydrogens is 304 g/mol. The number of rotatable bonds is 4. The maximum atomic E-state index is 8.72. The van der Waals surface area contributed by atoms with Crippen molar-refractivity contribution in [3.63, 3.8) is 0 Å². The molecule has 0 bridgehead atoms. The molecule has 0 heterocycles. The van der Waals surface area contributed by atoms with E-state index in [0.29, 0.717) is 18.7 Å². The minimum absolute atomic E-state index is 0.467. The molecule has 96 valence electrons. The first kappa shape index (κ1) is 13.6. The quantitative estimate of drug-likeness (QED) is 0.940. The second-order valence-corrected chi connectivity index (χ2v) is 4.91. The van der Waals surface area contributed by atoms with Crippen LogP contribution in [0.3, 0.4) is 0 Å². The molecule has 4 heteroatoms. The molecular formula is C15H13BrN2O. The highest BCUT2D eigenvalue weighted by atomic mass is 79.9. The first-order valence-electron chi connectivity index (χ1n) is 5.83. The van der Waals surface area contributed by atoms with E-state index in [1.165, 1.54) is 0 Å². The minimum atomic E-state index is 0.467. The third-order valence-corrected chi connectivity index (χ3v) is 3.50. The molecule has 3 nitrogen and oxygen atoms in total. The van der Waals surface area contributed by atoms with E-state index in [-0.39, 0.29) is 0 Å². The maximum Gasteiger partial charge on any atom is 0.120 e. The zero-order chi connectivity index (χ0) is 13.7. The molecule has 0 fully saturated rings. The van der Waals surface area contributed by atoms with Crippen molar-refractivity contribution >= 4 is 15.9 Å². The number of nitrogens with two attached hydrogens (primary N) is 1. The van der Waals surface area contributed by atoms with Crippen molar-refractivity contribution in [3.05, 3.63) is 63.6 Å². The van der Waals surface area contributed by atoms with E-state index in [1.54, 1.807) is 12.1 Å². The highest BCUT2D eigenvalue weighted by Crippen LogP contribution is 2.22. The molecule has 0 aromatic heterocycles. The van der Waals surface area contributed by atoms with Gasteiger partial charge < -0.3 is 10.5 Å². The number of halogens is 1. The zero-order valence-corrected chi connectivity index (χ0v) is 11.9. The topological polar surface area (TPSA) is 59.0 Å². The summed E-state index contributed by atoms with van der Waals surface area (Å²) in [4.78, 5) is 0. The second-order valence-electron chi connectivity index (χ2n) is 4.05. The molecule has 0 amide bonds. The Kier molecular flexibility index (Phi) is 4.56. The zero-order valence-electron chi connectivity index (χ0n) is 10.3. The summed E-state index contributed by atoms with van der Waals surface area (Å²) in [5.74, 6) is 0.785. The molecule has 2 aromatic carbocycles. The predicted octanol–water partition coefficient (Wildman–Crippen LogP) is 3.36. The minimum Gasteiger partial charge on any atom is -0.489 e. The highest BCUT2D eigenvalue weighted by molar-refractivity contribution is 9.10. The number of nitrogens with zero attached hydrogens (tertiary/aromatic N) is 1. The second kappa shape index (κ2) is 6.37. The molecule has 0 aliphatic carbocycles. The van der Waals surface area contributed by atoms with E-state index < -0.39 is 0 Å². The molecule has 0 aliphatic rings. The maximum absolute atomic E-state index is 8.72. The van der Waals surface area contributed by atoms with Crippen molar-refractivity contribution in [2.24, 2.45) is 5.73 Å². The van der Waals surface area contributed by atoms with Gasteiger partial charge >= 0.3 is 0 Å². The molecule has 2 aromatic rings. The lowest BCUT2D eigenvalue weighted by molar-refractivity contribution is 0.306. The fourth-order valence-corrected chi connectivity index (χ4v) is 2.05. The van der Waals surface area contributed by atoms with Gasteiger partial charge in [-0.15, -0.1) is 0 Å². The van der Waals surface area contributed by atoms with Crippen LogP contribution in [-0.2, 0) is 13.2 Å². The normalized spacial score (nSPS) is 9.95. The van der Waals surface area contributed by atoms with Gasteiger partial charge in [-0.2, -0.15) is 5.26 Å². The molecule has 0 spiro atoms. The van der Waals surface area contributed by atoms with Gasteiger partial charge in [0, 0.05) is 11.0 Å². The fraction of sp³-hybridized carbons (Fsp3) is 0.133. The third-order valence-electron chi connectivity index (χ3n) is 2.73. The third kappa shape index (κ3) is 3.57. The van der Waals surface area contributed by atoms with Crippen LogP contribution < -0.4 is 10.5 Å². The van der Waals surface area contributed by atoms with E-state index in [4.69, 9.17) is 15.7 Å². The summed E-state index contributed by atoms with van der Waals surface area (Å²) in [6.07, 6.45) is 0. The van der Waals surface area contributed by atoms with Crippen molar-refractivity contribution in [3.8, 4) is 11.8 Å². The Hall–Kier alpha value is -1.83. The smallest absolute Gasteiger partial charge is 0.120 e. The summed E-state index contributed by atoms with van der Waals surface area (Å²) in [6, 6.07) is 15.2. The van der Waals surface area contributed by atoms with Crippen LogP contribution in [0.25, 0.3) is 0 Å². The lowest BCUT2D eigenvalue weighted by Crippen LogP contribution is -2.00. The Morgan fingerprint density at radius 2 is 1.89 bits per heavy atom. The average molecular weight is 317 g/mol. The number of hydrogen-bond donors (Lipinski definition) is 1. The summed E-state index contributed by atoms with van der Waals surface area (Å²) in [5.41, 5.74) is 8.33. The summed E-state index contributed by atoms with van der Waals surface area (Å²) < 4.78 is 6.69. The van der Waals surface area contributed by atoms with Crippen LogP contribution >= 0.6 is 15.9 Å². The van der Waals surface area contributed by atoms with Crippen LogP contribution in [0.15, 0.2) is 46.9 Å². The molecule has 19 heavy (non-hydrogen) atoms. The van der Waals surface area contributed by atoms with Gasteiger partial charge in [0.15, 0.2) is 0 Å². The largest absolute Gasteiger partial charge is 0.489 e. The number of benzene rings is 2. The predicted molar refractivity (Wildman–Crippen MR) is 77.5 cm³/mol. The van der Waals surface area contributed by atoms with Crippen molar-refractivity contribution in [1.29, 1.82) is 5.26 Å². The SMILES string of the molecule is N#Cc1ccc(COc2ccc(Br)c(CN)c2)cc1. The Morgan fingerprint density at radius 1 is 1.16 bits per heavy atom. The summed E-state index contributed by atoms with van der Waals surface area (Å²) in [6.45, 7) is 0.937. The Morgan fingerprint density at radius 3 is 2.53 bits per heavy atom. The molecule has 0 saturated carbocycles. The van der Waals surface area contributed by atoms with Gasteiger partial charge in [0.1, 0.15) is 12.4 Å². The molecule has 0 radical (unpaired) electrons. The van der Waals surface area contributed by atoms with Crippen LogP contribution in [0.4, 0.5) is 0 Å². The lowest BCUT2D eigenvalue weighted by atomic mass is 10.1. The van der Waals surface area contributed by atoms with E-state index in [1.807, 2.05) is 30.3 Å². The number of ether oxygens (including phenoxy) is 1. The molecule has 0 saturated heterocycles. The monoisotopic (exact) mass is 316 g/mol. The van der Waals surface area contributed by atoms with E-state index >= 15 is 0 Å². The number of nitriles is 1. The Balaban J connectivity index is 2.03. The van der Waals surface area contributed by atoms with Crippen molar-refractivity contribution in [2.45, 2.75) is 13.2 Å². The van der Waals surface area contributed by atoms with Gasteiger partial charge in [-0.25, -0.2) is 0 Å². The Bertz CT molecular complexity index is 603. The van der Waals surface area contributed by atoms with Crippen LogP contribution in [-0.4, -0.2) is 0 Å². The van der Waals surface area contributed by atoms with E-state index in [9.17, 15) is 0 Å². The van der Waals surface area contributed by atoms with Crippen LogP contribution in [0.5, 0.6) is 5.75 Å². The summed E-state index contributed by atoms with van der Waals surface area (Å²) in [5, 5.41) is 8.72. The van der Waals surface area contributed by atoms with Crippen molar-refractivity contribution in [2.75, 3.05) is 0 Å². The summed E-state index contributed by atoms with van der Waals surface area (Å²) >= 11 is 3.44. The molecule has 0 aliphatic heterocycles. The summed E-state index contributed by atoms with van der Waals surface area (Å²) in [7, 11) is 0. The number of hydrogen-bond acceptors (Lipinski definition) is 3. The van der Waals surface area contributed by atoms with Crippen molar-refractivity contribution < 1.29 is 4.74 Å². The van der Waals surface area contributed by atoms with E-state index in [2.05, 4.69) is 22.0 Å². The van der Waals surface area contributed by atoms with Gasteiger partial charge in [0.05, 0.1) is 11.6 Å². The van der Waals surface area contributed by atoms with Crippen LogP contribution in [0, 0.1) is 11.3 Å². The first-order chi connectivity index (χ1) is 9.22. The van der Waals surface area contributed by atoms with Crippen LogP contribution in [0.2, 0.25) is 0 Å². The van der Waals surface area contributed by atoms with Crippen molar-refractivity contribution in [1.82, 2.24) is 0 Å². The standard InChI is InChI=1S/C15H13BrN2O/c16-15-6-5-14(7-13(15)9-18)19-10-12-3-1-11(8-17)2-4-12/h1-7H,9-10,18H2. The average Bonchev–Trinajstić information content (AvgIpc) is 2.47. The first-order valence-corrected chi connectivity index (χ1v) is 6.62. The van der Waals surface area contributed by atoms with Gasteiger partial charge in [-0.05, 0) is 41.5 Å². The van der Waals surface area contributed by atoms with Gasteiger partial charge in [0.2, 0.25) is 0 Å². The highest BCUT2D eigenvalue weighted by Gasteiger charge is 2.01. The molecule has 2 N–H and O–H groups in total. The van der Waals surface area contributed by atoms with Gasteiger partial charge in [0.25, 0.3) is 0 Å². The Labute approximate surface area is 120 Å². The molecule has 2 rings (SSSR count). The molecule has 0 atom stereocenters.